The molecule has 0 aromatic rings. The van der Waals surface area contributed by atoms with Crippen LogP contribution in [0.1, 0.15) is 19.8 Å². The lowest BCUT2D eigenvalue weighted by Crippen LogP contribution is -2.49. The first-order chi connectivity index (χ1) is 8.06. The van der Waals surface area contributed by atoms with Gasteiger partial charge in [-0.25, -0.2) is 0 Å². The number of carbonyl (C=O) groups excluding carboxylic acids is 1. The van der Waals surface area contributed by atoms with E-state index < -0.39 is 12.3 Å². The highest BCUT2D eigenvalue weighted by Gasteiger charge is 2.21. The Morgan fingerprint density at radius 3 is 2.35 bits per heavy atom. The first kappa shape index (κ1) is 16.3. The minimum Gasteiger partial charge on any atom is -0.385 e. The van der Waals surface area contributed by atoms with Gasteiger partial charge in [0.2, 0.25) is 5.91 Å². The summed E-state index contributed by atoms with van der Waals surface area (Å²) >= 11 is 0. The molecule has 6 heteroatoms. The van der Waals surface area contributed by atoms with E-state index >= 15 is 0 Å². The van der Waals surface area contributed by atoms with E-state index in [4.69, 9.17) is 19.9 Å². The number of amides is 1. The van der Waals surface area contributed by atoms with Crippen molar-refractivity contribution in [2.75, 3.05) is 27.9 Å². The van der Waals surface area contributed by atoms with Crippen LogP contribution in [0.3, 0.4) is 0 Å². The molecule has 0 bridgehead atoms. The average Bonchev–Trinajstić information content (AvgIpc) is 2.30. The Hall–Kier alpha value is -0.690. The van der Waals surface area contributed by atoms with E-state index in [0.717, 1.165) is 6.42 Å². The highest BCUT2D eigenvalue weighted by molar-refractivity contribution is 5.81. The SMILES string of the molecule is COCCCC(N)C(=O)NC(C)C(OC)OC. The molecule has 0 saturated heterocycles. The van der Waals surface area contributed by atoms with Gasteiger partial charge in [0, 0.05) is 27.9 Å². The van der Waals surface area contributed by atoms with Crippen LogP contribution in [-0.2, 0) is 19.0 Å². The van der Waals surface area contributed by atoms with Crippen LogP contribution in [0.2, 0.25) is 0 Å². The van der Waals surface area contributed by atoms with Crippen LogP contribution < -0.4 is 11.1 Å². The fourth-order valence-electron chi connectivity index (χ4n) is 1.48. The van der Waals surface area contributed by atoms with Crippen molar-refractivity contribution in [3.63, 3.8) is 0 Å². The monoisotopic (exact) mass is 248 g/mol. The summed E-state index contributed by atoms with van der Waals surface area (Å²) in [5, 5.41) is 2.75. The molecule has 0 aromatic heterocycles. The lowest BCUT2D eigenvalue weighted by atomic mass is 10.1. The molecule has 0 aliphatic heterocycles. The van der Waals surface area contributed by atoms with Crippen LogP contribution in [0, 0.1) is 0 Å². The van der Waals surface area contributed by atoms with Crippen molar-refractivity contribution in [2.45, 2.75) is 38.1 Å². The second-order valence-corrected chi connectivity index (χ2v) is 3.88. The van der Waals surface area contributed by atoms with Crippen LogP contribution in [-0.4, -0.2) is 52.2 Å². The minimum atomic E-state index is -0.526. The van der Waals surface area contributed by atoms with Gasteiger partial charge >= 0.3 is 0 Å². The van der Waals surface area contributed by atoms with Gasteiger partial charge in [-0.15, -0.1) is 0 Å². The summed E-state index contributed by atoms with van der Waals surface area (Å²) in [7, 11) is 4.67. The molecule has 0 aliphatic rings. The Morgan fingerprint density at radius 2 is 1.88 bits per heavy atom. The summed E-state index contributed by atoms with van der Waals surface area (Å²) in [5.41, 5.74) is 5.74. The molecular formula is C11H24N2O4. The third kappa shape index (κ3) is 6.58. The molecular weight excluding hydrogens is 224 g/mol. The van der Waals surface area contributed by atoms with Crippen molar-refractivity contribution in [2.24, 2.45) is 5.73 Å². The van der Waals surface area contributed by atoms with E-state index in [-0.39, 0.29) is 11.9 Å². The fraction of sp³-hybridized carbons (Fsp3) is 0.909. The number of ether oxygens (including phenoxy) is 3. The first-order valence-corrected chi connectivity index (χ1v) is 5.67. The molecule has 3 N–H and O–H groups in total. The summed E-state index contributed by atoms with van der Waals surface area (Å²) in [6.07, 6.45) is 0.888. The molecule has 2 unspecified atom stereocenters. The molecule has 17 heavy (non-hydrogen) atoms. The highest BCUT2D eigenvalue weighted by Crippen LogP contribution is 2.01. The molecule has 0 aromatic carbocycles. The predicted molar refractivity (Wildman–Crippen MR) is 64.5 cm³/mol. The molecule has 0 rings (SSSR count). The van der Waals surface area contributed by atoms with E-state index in [2.05, 4.69) is 5.32 Å². The standard InChI is InChI=1S/C11H24N2O4/c1-8(11(16-3)17-4)13-10(14)9(12)6-5-7-15-2/h8-9,11H,5-7,12H2,1-4H3,(H,13,14). The Morgan fingerprint density at radius 1 is 1.29 bits per heavy atom. The van der Waals surface area contributed by atoms with Gasteiger partial charge in [-0.3, -0.25) is 4.79 Å². The third-order valence-electron chi connectivity index (χ3n) is 2.44. The van der Waals surface area contributed by atoms with E-state index in [1.54, 1.807) is 14.0 Å². The summed E-state index contributed by atoms with van der Waals surface area (Å²) in [4.78, 5) is 11.7. The van der Waals surface area contributed by atoms with E-state index in [0.29, 0.717) is 13.0 Å². The minimum absolute atomic E-state index is 0.201. The van der Waals surface area contributed by atoms with E-state index in [1.807, 2.05) is 0 Å². The maximum Gasteiger partial charge on any atom is 0.237 e. The van der Waals surface area contributed by atoms with E-state index in [1.165, 1.54) is 14.2 Å². The first-order valence-electron chi connectivity index (χ1n) is 5.67. The lowest BCUT2D eigenvalue weighted by Gasteiger charge is -2.23. The molecule has 0 heterocycles. The maximum absolute atomic E-state index is 11.7. The molecule has 0 aliphatic carbocycles. The molecule has 0 fully saturated rings. The van der Waals surface area contributed by atoms with Crippen molar-refractivity contribution in [1.29, 1.82) is 0 Å². The Labute approximate surface area is 103 Å². The Bertz CT molecular complexity index is 210. The van der Waals surface area contributed by atoms with Crippen LogP contribution in [0.4, 0.5) is 0 Å². The topological polar surface area (TPSA) is 82.8 Å². The number of rotatable bonds is 9. The highest BCUT2D eigenvalue weighted by atomic mass is 16.7. The molecule has 6 nitrogen and oxygen atoms in total. The van der Waals surface area contributed by atoms with Gasteiger partial charge in [0.05, 0.1) is 12.1 Å². The zero-order chi connectivity index (χ0) is 13.3. The second-order valence-electron chi connectivity index (χ2n) is 3.88. The largest absolute Gasteiger partial charge is 0.385 e. The van der Waals surface area contributed by atoms with Crippen molar-refractivity contribution < 1.29 is 19.0 Å². The van der Waals surface area contributed by atoms with Gasteiger partial charge in [-0.05, 0) is 19.8 Å². The van der Waals surface area contributed by atoms with Gasteiger partial charge in [-0.2, -0.15) is 0 Å². The fourth-order valence-corrected chi connectivity index (χ4v) is 1.48. The van der Waals surface area contributed by atoms with Gasteiger partial charge in [0.15, 0.2) is 6.29 Å². The van der Waals surface area contributed by atoms with Crippen molar-refractivity contribution in [3.05, 3.63) is 0 Å². The Kier molecular flexibility index (Phi) is 8.97. The number of carbonyl (C=O) groups is 1. The summed E-state index contributed by atoms with van der Waals surface area (Å²) < 4.78 is 15.0. The quantitative estimate of drug-likeness (QED) is 0.438. The van der Waals surface area contributed by atoms with Crippen LogP contribution >= 0.6 is 0 Å². The van der Waals surface area contributed by atoms with Crippen LogP contribution in [0.15, 0.2) is 0 Å². The smallest absolute Gasteiger partial charge is 0.237 e. The normalized spacial score (nSPS) is 14.7. The van der Waals surface area contributed by atoms with Gasteiger partial charge in [0.1, 0.15) is 0 Å². The zero-order valence-electron chi connectivity index (χ0n) is 11.1. The van der Waals surface area contributed by atoms with Crippen LogP contribution in [0.5, 0.6) is 0 Å². The van der Waals surface area contributed by atoms with E-state index in [9.17, 15) is 4.79 Å². The van der Waals surface area contributed by atoms with Crippen molar-refractivity contribution in [3.8, 4) is 0 Å². The predicted octanol–water partition coefficient (Wildman–Crippen LogP) is -0.136. The number of hydrogen-bond acceptors (Lipinski definition) is 5. The number of hydrogen-bond donors (Lipinski definition) is 2. The third-order valence-corrected chi connectivity index (χ3v) is 2.44. The number of nitrogens with one attached hydrogen (secondary N) is 1. The van der Waals surface area contributed by atoms with Gasteiger partial charge in [0.25, 0.3) is 0 Å². The van der Waals surface area contributed by atoms with Crippen molar-refractivity contribution in [1.82, 2.24) is 5.32 Å². The lowest BCUT2D eigenvalue weighted by molar-refractivity contribution is -0.136. The number of nitrogens with two attached hydrogens (primary N) is 1. The molecule has 102 valence electrons. The maximum atomic E-state index is 11.7. The summed E-state index contributed by atoms with van der Waals surface area (Å²) in [5.74, 6) is -0.201. The molecule has 1 amide bonds. The van der Waals surface area contributed by atoms with Crippen molar-refractivity contribution >= 4 is 5.91 Å². The second kappa shape index (κ2) is 9.35. The summed E-state index contributed by atoms with van der Waals surface area (Å²) in [6, 6.07) is -0.770. The average molecular weight is 248 g/mol. The number of methoxy groups -OCH3 is 3. The molecule has 2 atom stereocenters. The molecule has 0 spiro atoms. The molecule has 0 radical (unpaired) electrons. The van der Waals surface area contributed by atoms with Crippen LogP contribution in [0.25, 0.3) is 0 Å². The van der Waals surface area contributed by atoms with Gasteiger partial charge < -0.3 is 25.3 Å². The zero-order valence-corrected chi connectivity index (χ0v) is 11.1. The Balaban J connectivity index is 3.97. The summed E-state index contributed by atoms with van der Waals surface area (Å²) in [6.45, 7) is 2.41. The molecule has 0 saturated carbocycles. The van der Waals surface area contributed by atoms with Gasteiger partial charge in [-0.1, -0.05) is 0 Å².